The summed E-state index contributed by atoms with van der Waals surface area (Å²) in [5.41, 5.74) is 2.89. The summed E-state index contributed by atoms with van der Waals surface area (Å²) in [4.78, 5) is 0. The lowest BCUT2D eigenvalue weighted by Crippen LogP contribution is -2.03. The molecule has 3 atom stereocenters. The van der Waals surface area contributed by atoms with Crippen molar-refractivity contribution in [3.8, 4) is 0 Å². The highest BCUT2D eigenvalue weighted by atomic mass is 14.2. The Kier molecular flexibility index (Phi) is 8.96. The van der Waals surface area contributed by atoms with Crippen LogP contribution in [-0.2, 0) is 0 Å². The Morgan fingerprint density at radius 1 is 0.885 bits per heavy atom. The van der Waals surface area contributed by atoms with Gasteiger partial charge in [0.05, 0.1) is 0 Å². The van der Waals surface area contributed by atoms with Crippen LogP contribution in [0.15, 0.2) is 85.5 Å². The zero-order chi connectivity index (χ0) is 18.6. The molecule has 0 nitrogen and oxygen atoms in total. The van der Waals surface area contributed by atoms with Crippen LogP contribution in [0, 0.1) is 5.92 Å². The molecule has 0 aliphatic heterocycles. The average molecular weight is 347 g/mol. The maximum absolute atomic E-state index is 4.06. The lowest BCUT2D eigenvalue weighted by atomic mass is 9.87. The van der Waals surface area contributed by atoms with E-state index in [9.17, 15) is 0 Å². The Balaban J connectivity index is 1.76. The van der Waals surface area contributed by atoms with Crippen LogP contribution in [0.25, 0.3) is 0 Å². The Hall–Kier alpha value is -2.08. The Morgan fingerprint density at radius 2 is 1.50 bits per heavy atom. The maximum atomic E-state index is 4.06. The summed E-state index contributed by atoms with van der Waals surface area (Å²) in [6, 6.07) is 21.7. The van der Waals surface area contributed by atoms with Crippen LogP contribution in [-0.4, -0.2) is 0 Å². The fourth-order valence-corrected chi connectivity index (χ4v) is 3.66. The van der Waals surface area contributed by atoms with Gasteiger partial charge in [0.2, 0.25) is 0 Å². The molecule has 2 rings (SSSR count). The van der Waals surface area contributed by atoms with Gasteiger partial charge in [0.15, 0.2) is 0 Å². The minimum atomic E-state index is 0.589. The monoisotopic (exact) mass is 346 g/mol. The molecule has 0 radical (unpaired) electrons. The number of hydrogen-bond acceptors (Lipinski definition) is 0. The van der Waals surface area contributed by atoms with E-state index in [1.807, 2.05) is 0 Å². The fourth-order valence-electron chi connectivity index (χ4n) is 3.66. The van der Waals surface area contributed by atoms with E-state index < -0.39 is 0 Å². The van der Waals surface area contributed by atoms with E-state index in [4.69, 9.17) is 0 Å². The summed E-state index contributed by atoms with van der Waals surface area (Å²) in [6.07, 6.45) is 12.7. The summed E-state index contributed by atoms with van der Waals surface area (Å²) < 4.78 is 0. The first kappa shape index (κ1) is 20.2. The second-order valence-corrected chi connectivity index (χ2v) is 7.34. The first-order valence-electron chi connectivity index (χ1n) is 10.1. The molecule has 0 bridgehead atoms. The summed E-state index contributed by atoms with van der Waals surface area (Å²) in [5, 5.41) is 0. The summed E-state index contributed by atoms with van der Waals surface area (Å²) in [6.45, 7) is 8.67. The largest absolute Gasteiger partial charge is 0.103 e. The van der Waals surface area contributed by atoms with Crippen LogP contribution >= 0.6 is 0 Å². The van der Waals surface area contributed by atoms with Crippen molar-refractivity contribution in [2.75, 3.05) is 0 Å². The molecule has 0 fully saturated rings. The predicted octanol–water partition coefficient (Wildman–Crippen LogP) is 7.90. The summed E-state index contributed by atoms with van der Waals surface area (Å²) in [5.74, 6) is 1.82. The molecule has 0 aliphatic carbocycles. The first-order chi connectivity index (χ1) is 12.7. The van der Waals surface area contributed by atoms with Crippen LogP contribution in [0.4, 0.5) is 0 Å². The second-order valence-electron chi connectivity index (χ2n) is 7.34. The third-order valence-electron chi connectivity index (χ3n) is 5.41. The quantitative estimate of drug-likeness (QED) is 0.363. The van der Waals surface area contributed by atoms with Crippen molar-refractivity contribution in [2.45, 2.75) is 57.8 Å². The van der Waals surface area contributed by atoms with Crippen molar-refractivity contribution in [3.05, 3.63) is 96.6 Å². The van der Waals surface area contributed by atoms with E-state index >= 15 is 0 Å². The fraction of sp³-hybridized carbons (Fsp3) is 0.385. The van der Waals surface area contributed by atoms with Crippen molar-refractivity contribution in [1.29, 1.82) is 0 Å². The number of rotatable bonds is 11. The molecule has 2 aromatic rings. The molecule has 0 saturated heterocycles. The molecular formula is C26H34. The highest BCUT2D eigenvalue weighted by molar-refractivity contribution is 5.20. The van der Waals surface area contributed by atoms with Crippen LogP contribution < -0.4 is 0 Å². The minimum Gasteiger partial charge on any atom is -0.103 e. The standard InChI is InChI=1S/C26H34/c1-4-23(21-22(3)25-17-11-7-12-18-25)15-9-6-10-16-24(5-2)26-19-13-8-14-20-26/h4,6-8,10-14,17-20,22-24H,1,5,9,15-16,21H2,2-3H3. The molecule has 26 heavy (non-hydrogen) atoms. The third-order valence-corrected chi connectivity index (χ3v) is 5.41. The maximum Gasteiger partial charge on any atom is -0.0130 e. The van der Waals surface area contributed by atoms with Crippen molar-refractivity contribution in [2.24, 2.45) is 5.92 Å². The number of hydrogen-bond donors (Lipinski definition) is 0. The summed E-state index contributed by atoms with van der Waals surface area (Å²) >= 11 is 0. The molecule has 0 aromatic heterocycles. The van der Waals surface area contributed by atoms with Crippen molar-refractivity contribution >= 4 is 0 Å². The predicted molar refractivity (Wildman–Crippen MR) is 116 cm³/mol. The molecule has 0 heterocycles. The summed E-state index contributed by atoms with van der Waals surface area (Å²) in [7, 11) is 0. The molecule has 2 aromatic carbocycles. The molecule has 138 valence electrons. The van der Waals surface area contributed by atoms with Crippen molar-refractivity contribution in [3.63, 3.8) is 0 Å². The van der Waals surface area contributed by atoms with Crippen LogP contribution in [0.2, 0.25) is 0 Å². The third kappa shape index (κ3) is 6.67. The van der Waals surface area contributed by atoms with Gasteiger partial charge in [0.25, 0.3) is 0 Å². The lowest BCUT2D eigenvalue weighted by Gasteiger charge is -2.18. The van der Waals surface area contributed by atoms with Gasteiger partial charge >= 0.3 is 0 Å². The zero-order valence-electron chi connectivity index (χ0n) is 16.5. The van der Waals surface area contributed by atoms with Gasteiger partial charge in [-0.3, -0.25) is 0 Å². The molecule has 0 spiro atoms. The van der Waals surface area contributed by atoms with Crippen LogP contribution in [0.3, 0.4) is 0 Å². The highest BCUT2D eigenvalue weighted by Crippen LogP contribution is 2.27. The molecule has 0 N–H and O–H groups in total. The minimum absolute atomic E-state index is 0.589. The van der Waals surface area contributed by atoms with E-state index in [2.05, 4.69) is 99.3 Å². The molecule has 0 saturated carbocycles. The van der Waals surface area contributed by atoms with Gasteiger partial charge in [-0.15, -0.1) is 6.58 Å². The van der Waals surface area contributed by atoms with Gasteiger partial charge in [-0.05, 0) is 61.0 Å². The van der Waals surface area contributed by atoms with Gasteiger partial charge in [-0.2, -0.15) is 0 Å². The Bertz CT molecular complexity index is 638. The van der Waals surface area contributed by atoms with E-state index in [-0.39, 0.29) is 0 Å². The molecule has 3 unspecified atom stereocenters. The van der Waals surface area contributed by atoms with Crippen molar-refractivity contribution < 1.29 is 0 Å². The van der Waals surface area contributed by atoms with E-state index in [0.717, 1.165) is 12.8 Å². The Morgan fingerprint density at radius 3 is 2.08 bits per heavy atom. The molecule has 0 heteroatoms. The van der Waals surface area contributed by atoms with Gasteiger partial charge in [0, 0.05) is 0 Å². The second kappa shape index (κ2) is 11.5. The SMILES string of the molecule is C=CC(CCC=CCC(CC)c1ccccc1)CC(C)c1ccccc1. The molecule has 0 aliphatic rings. The van der Waals surface area contributed by atoms with Crippen LogP contribution in [0.1, 0.15) is 68.9 Å². The van der Waals surface area contributed by atoms with Crippen molar-refractivity contribution in [1.82, 2.24) is 0 Å². The first-order valence-corrected chi connectivity index (χ1v) is 10.1. The van der Waals surface area contributed by atoms with Gasteiger partial charge in [-0.1, -0.05) is 92.7 Å². The number of allylic oxidation sites excluding steroid dienone is 3. The number of benzene rings is 2. The molecule has 0 amide bonds. The Labute approximate surface area is 160 Å². The average Bonchev–Trinajstić information content (AvgIpc) is 2.71. The smallest absolute Gasteiger partial charge is 0.0130 e. The van der Waals surface area contributed by atoms with E-state index in [0.29, 0.717) is 17.8 Å². The molecular weight excluding hydrogens is 312 g/mol. The van der Waals surface area contributed by atoms with E-state index in [1.54, 1.807) is 0 Å². The van der Waals surface area contributed by atoms with Crippen LogP contribution in [0.5, 0.6) is 0 Å². The van der Waals surface area contributed by atoms with Gasteiger partial charge < -0.3 is 0 Å². The zero-order valence-corrected chi connectivity index (χ0v) is 16.5. The highest BCUT2D eigenvalue weighted by Gasteiger charge is 2.11. The van der Waals surface area contributed by atoms with E-state index in [1.165, 1.54) is 30.4 Å². The normalized spacial score (nSPS) is 14.8. The van der Waals surface area contributed by atoms with Gasteiger partial charge in [-0.25, -0.2) is 0 Å². The van der Waals surface area contributed by atoms with Gasteiger partial charge in [0.1, 0.15) is 0 Å². The topological polar surface area (TPSA) is 0 Å². The lowest BCUT2D eigenvalue weighted by molar-refractivity contribution is 0.501.